The summed E-state index contributed by atoms with van der Waals surface area (Å²) in [7, 11) is 0. The molecule has 0 fully saturated rings. The first kappa shape index (κ1) is 13.9. The lowest BCUT2D eigenvalue weighted by atomic mass is 10.1. The first-order valence-corrected chi connectivity index (χ1v) is 6.40. The Balaban J connectivity index is 2.02. The minimum atomic E-state index is -0.0473. The number of nitrogens with one attached hydrogen (secondary N) is 1. The summed E-state index contributed by atoms with van der Waals surface area (Å²) in [5, 5.41) is 12.4. The maximum Gasteiger partial charge on any atom is 0.187 e. The second-order valence-corrected chi connectivity index (χ2v) is 4.71. The highest BCUT2D eigenvalue weighted by Gasteiger charge is 2.01. The third-order valence-electron chi connectivity index (χ3n) is 3.02. The van der Waals surface area contributed by atoms with Crippen LogP contribution < -0.4 is 5.32 Å². The fourth-order valence-electron chi connectivity index (χ4n) is 1.83. The number of carbonyl (C=O) groups excluding carboxylic acids is 1. The van der Waals surface area contributed by atoms with E-state index in [0.29, 0.717) is 5.56 Å². The first-order chi connectivity index (χ1) is 9.56. The van der Waals surface area contributed by atoms with E-state index in [-0.39, 0.29) is 11.5 Å². The summed E-state index contributed by atoms with van der Waals surface area (Å²) in [5.74, 6) is 0.182. The van der Waals surface area contributed by atoms with Crippen molar-refractivity contribution in [3.63, 3.8) is 0 Å². The lowest BCUT2D eigenvalue weighted by Gasteiger charge is -2.05. The minimum absolute atomic E-state index is 0.0473. The molecule has 0 aliphatic heterocycles. The molecule has 2 rings (SSSR count). The summed E-state index contributed by atoms with van der Waals surface area (Å²) in [6, 6.07) is 12.5. The van der Waals surface area contributed by atoms with Crippen molar-refractivity contribution in [1.29, 1.82) is 0 Å². The van der Waals surface area contributed by atoms with Gasteiger partial charge in [0.05, 0.1) is 0 Å². The third-order valence-corrected chi connectivity index (χ3v) is 3.02. The molecule has 102 valence electrons. The summed E-state index contributed by atoms with van der Waals surface area (Å²) in [4.78, 5) is 11.9. The molecular weight excluding hydrogens is 250 g/mol. The number of rotatable bonds is 4. The predicted molar refractivity (Wildman–Crippen MR) is 81.1 cm³/mol. The number of carbonyl (C=O) groups is 1. The van der Waals surface area contributed by atoms with Crippen LogP contribution >= 0.6 is 0 Å². The van der Waals surface area contributed by atoms with E-state index in [1.165, 1.54) is 6.08 Å². The Hall–Kier alpha value is -2.55. The molecule has 0 aliphatic rings. The van der Waals surface area contributed by atoms with Crippen LogP contribution in [0, 0.1) is 13.8 Å². The Morgan fingerprint density at radius 1 is 1.10 bits per heavy atom. The van der Waals surface area contributed by atoms with Crippen molar-refractivity contribution in [1.82, 2.24) is 0 Å². The van der Waals surface area contributed by atoms with Crippen LogP contribution in [0.15, 0.2) is 54.7 Å². The number of allylic oxidation sites excluding steroid dienone is 1. The van der Waals surface area contributed by atoms with E-state index in [1.54, 1.807) is 24.4 Å². The zero-order chi connectivity index (χ0) is 14.5. The van der Waals surface area contributed by atoms with Gasteiger partial charge in [-0.25, -0.2) is 0 Å². The van der Waals surface area contributed by atoms with Gasteiger partial charge in [0.1, 0.15) is 5.75 Å². The second kappa shape index (κ2) is 6.06. The van der Waals surface area contributed by atoms with Crippen molar-refractivity contribution in [3.8, 4) is 5.75 Å². The van der Waals surface area contributed by atoms with Gasteiger partial charge >= 0.3 is 0 Å². The number of ketones is 1. The number of hydrogen-bond acceptors (Lipinski definition) is 3. The van der Waals surface area contributed by atoms with Gasteiger partial charge < -0.3 is 10.4 Å². The molecule has 0 spiro atoms. The average Bonchev–Trinajstić information content (AvgIpc) is 2.42. The van der Waals surface area contributed by atoms with Crippen LogP contribution in [0.4, 0.5) is 5.69 Å². The fraction of sp³-hybridized carbons (Fsp3) is 0.118. The highest BCUT2D eigenvalue weighted by atomic mass is 16.3. The molecule has 0 amide bonds. The lowest BCUT2D eigenvalue weighted by molar-refractivity contribution is 0.104. The smallest absolute Gasteiger partial charge is 0.187 e. The van der Waals surface area contributed by atoms with E-state index in [2.05, 4.69) is 5.32 Å². The molecule has 20 heavy (non-hydrogen) atoms. The quantitative estimate of drug-likeness (QED) is 0.503. The third kappa shape index (κ3) is 3.48. The topological polar surface area (TPSA) is 49.3 Å². The molecule has 3 heteroatoms. The number of hydrogen-bond donors (Lipinski definition) is 2. The summed E-state index contributed by atoms with van der Waals surface area (Å²) < 4.78 is 0. The van der Waals surface area contributed by atoms with Gasteiger partial charge in [-0.1, -0.05) is 29.8 Å². The summed E-state index contributed by atoms with van der Waals surface area (Å²) in [6.45, 7) is 3.87. The molecule has 0 aromatic heterocycles. The molecule has 0 heterocycles. The summed E-state index contributed by atoms with van der Waals surface area (Å²) in [5.41, 5.74) is 3.56. The Labute approximate surface area is 118 Å². The maximum absolute atomic E-state index is 11.9. The number of phenolic OH excluding ortho intramolecular Hbond substituents is 1. The number of anilines is 1. The van der Waals surface area contributed by atoms with Crippen LogP contribution in [0.1, 0.15) is 21.5 Å². The molecule has 0 atom stereocenters. The van der Waals surface area contributed by atoms with Crippen LogP contribution in [-0.4, -0.2) is 10.9 Å². The minimum Gasteiger partial charge on any atom is -0.508 e. The van der Waals surface area contributed by atoms with Crippen molar-refractivity contribution in [3.05, 3.63) is 71.4 Å². The number of aryl methyl sites for hydroxylation is 2. The fourth-order valence-corrected chi connectivity index (χ4v) is 1.83. The van der Waals surface area contributed by atoms with Crippen molar-refractivity contribution >= 4 is 11.5 Å². The number of benzene rings is 2. The van der Waals surface area contributed by atoms with Gasteiger partial charge in [-0.15, -0.1) is 0 Å². The zero-order valence-corrected chi connectivity index (χ0v) is 11.6. The van der Waals surface area contributed by atoms with E-state index in [9.17, 15) is 9.90 Å². The predicted octanol–water partition coefficient (Wildman–Crippen LogP) is 3.82. The molecule has 0 aliphatic carbocycles. The monoisotopic (exact) mass is 267 g/mol. The Kier molecular flexibility index (Phi) is 4.20. The number of phenols is 1. The van der Waals surface area contributed by atoms with Crippen molar-refractivity contribution < 1.29 is 9.90 Å². The summed E-state index contributed by atoms with van der Waals surface area (Å²) in [6.07, 6.45) is 3.11. The highest BCUT2D eigenvalue weighted by Crippen LogP contribution is 2.19. The van der Waals surface area contributed by atoms with Gasteiger partial charge in [0.2, 0.25) is 0 Å². The van der Waals surface area contributed by atoms with Gasteiger partial charge in [0.15, 0.2) is 5.78 Å². The molecular formula is C17H17NO2. The molecule has 2 N–H and O–H groups in total. The Morgan fingerprint density at radius 2 is 1.80 bits per heavy atom. The molecule has 0 saturated carbocycles. The molecule has 3 nitrogen and oxygen atoms in total. The maximum atomic E-state index is 11.9. The van der Waals surface area contributed by atoms with E-state index in [1.807, 2.05) is 38.1 Å². The van der Waals surface area contributed by atoms with Crippen molar-refractivity contribution in [2.45, 2.75) is 13.8 Å². The van der Waals surface area contributed by atoms with Gasteiger partial charge in [-0.05, 0) is 37.6 Å². The molecule has 2 aromatic rings. The van der Waals surface area contributed by atoms with Crippen LogP contribution in [0.3, 0.4) is 0 Å². The van der Waals surface area contributed by atoms with Crippen LogP contribution in [0.25, 0.3) is 0 Å². The SMILES string of the molecule is Cc1ccc(C(=O)C=CNc2ccc(O)cc2C)cc1. The zero-order valence-electron chi connectivity index (χ0n) is 11.6. The molecule has 0 radical (unpaired) electrons. The van der Waals surface area contributed by atoms with Gasteiger partial charge in [0, 0.05) is 23.5 Å². The molecule has 0 bridgehead atoms. The molecule has 0 unspecified atom stereocenters. The average molecular weight is 267 g/mol. The van der Waals surface area contributed by atoms with Crippen molar-refractivity contribution in [2.75, 3.05) is 5.32 Å². The largest absolute Gasteiger partial charge is 0.508 e. The van der Waals surface area contributed by atoms with Crippen LogP contribution in [0.5, 0.6) is 5.75 Å². The lowest BCUT2D eigenvalue weighted by Crippen LogP contribution is -1.97. The second-order valence-electron chi connectivity index (χ2n) is 4.71. The molecule has 2 aromatic carbocycles. The van der Waals surface area contributed by atoms with Crippen LogP contribution in [-0.2, 0) is 0 Å². The normalized spacial score (nSPS) is 10.7. The van der Waals surface area contributed by atoms with E-state index >= 15 is 0 Å². The van der Waals surface area contributed by atoms with Gasteiger partial charge in [-0.3, -0.25) is 4.79 Å². The highest BCUT2D eigenvalue weighted by molar-refractivity contribution is 6.04. The van der Waals surface area contributed by atoms with Gasteiger partial charge in [0.25, 0.3) is 0 Å². The van der Waals surface area contributed by atoms with Crippen LogP contribution in [0.2, 0.25) is 0 Å². The van der Waals surface area contributed by atoms with E-state index < -0.39 is 0 Å². The van der Waals surface area contributed by atoms with Crippen molar-refractivity contribution in [2.24, 2.45) is 0 Å². The summed E-state index contributed by atoms with van der Waals surface area (Å²) >= 11 is 0. The Morgan fingerprint density at radius 3 is 2.45 bits per heavy atom. The molecule has 0 saturated heterocycles. The first-order valence-electron chi connectivity index (χ1n) is 6.40. The van der Waals surface area contributed by atoms with Gasteiger partial charge in [-0.2, -0.15) is 0 Å². The van der Waals surface area contributed by atoms with E-state index in [4.69, 9.17) is 0 Å². The standard InChI is InChI=1S/C17H17NO2/c1-12-3-5-14(6-4-12)17(20)9-10-18-16-8-7-15(19)11-13(16)2/h3-11,18-19H,1-2H3. The Bertz CT molecular complexity index is 643. The number of aromatic hydroxyl groups is 1. The van der Waals surface area contributed by atoms with E-state index in [0.717, 1.165) is 16.8 Å².